The summed E-state index contributed by atoms with van der Waals surface area (Å²) in [6.45, 7) is 0. The molecule has 6 aromatic carbocycles. The third-order valence-electron chi connectivity index (χ3n) is 9.90. The first-order valence-corrected chi connectivity index (χ1v) is 16.0. The Morgan fingerprint density at radius 1 is 0.565 bits per heavy atom. The number of benzene rings is 6. The molecule has 216 valence electrons. The van der Waals surface area contributed by atoms with Gasteiger partial charge in [0, 0.05) is 40.0 Å². The molecule has 0 saturated carbocycles. The zero-order chi connectivity index (χ0) is 30.2. The van der Waals surface area contributed by atoms with E-state index < -0.39 is 0 Å². The van der Waals surface area contributed by atoms with Crippen LogP contribution in [0.3, 0.4) is 0 Å². The lowest BCUT2D eigenvalue weighted by Gasteiger charge is -2.33. The number of rotatable bonds is 4. The van der Waals surface area contributed by atoms with Gasteiger partial charge in [-0.05, 0) is 76.4 Å². The largest absolute Gasteiger partial charge is 0.313 e. The Balaban J connectivity index is 1.22. The Labute approximate surface area is 268 Å². The Morgan fingerprint density at radius 3 is 2.15 bits per heavy atom. The fourth-order valence-corrected chi connectivity index (χ4v) is 8.03. The summed E-state index contributed by atoms with van der Waals surface area (Å²) in [6.07, 6.45) is 6.98. The normalized spacial score (nSPS) is 17.1. The molecule has 0 amide bonds. The van der Waals surface area contributed by atoms with E-state index in [9.17, 15) is 0 Å². The fraction of sp³-hybridized carbons (Fsp3) is 0.0465. The van der Waals surface area contributed by atoms with Crippen LogP contribution >= 0.6 is 0 Å². The van der Waals surface area contributed by atoms with Crippen molar-refractivity contribution < 1.29 is 0 Å². The highest BCUT2D eigenvalue weighted by molar-refractivity contribution is 5.98. The van der Waals surface area contributed by atoms with Crippen LogP contribution in [0, 0.1) is 0 Å². The second-order valence-electron chi connectivity index (χ2n) is 12.3. The molecule has 3 heteroatoms. The van der Waals surface area contributed by atoms with E-state index in [0.29, 0.717) is 5.92 Å². The highest BCUT2D eigenvalue weighted by Crippen LogP contribution is 2.63. The molecule has 0 fully saturated rings. The summed E-state index contributed by atoms with van der Waals surface area (Å²) in [7, 11) is 0. The first-order valence-electron chi connectivity index (χ1n) is 16.0. The highest BCUT2D eigenvalue weighted by atomic mass is 15.2. The lowest BCUT2D eigenvalue weighted by atomic mass is 9.69. The van der Waals surface area contributed by atoms with E-state index in [1.807, 2.05) is 0 Å². The highest BCUT2D eigenvalue weighted by Gasteiger charge is 2.46. The van der Waals surface area contributed by atoms with Crippen molar-refractivity contribution in [3.63, 3.8) is 0 Å². The summed E-state index contributed by atoms with van der Waals surface area (Å²) in [5.74, 6) is 1.53. The van der Waals surface area contributed by atoms with Crippen molar-refractivity contribution in [2.24, 2.45) is 0 Å². The smallest absolute Gasteiger partial charge is 0.145 e. The number of imidazole rings is 1. The predicted octanol–water partition coefficient (Wildman–Crippen LogP) is 10.8. The zero-order valence-electron chi connectivity index (χ0n) is 25.1. The second kappa shape index (κ2) is 9.79. The predicted molar refractivity (Wildman–Crippen MR) is 189 cm³/mol. The van der Waals surface area contributed by atoms with Crippen molar-refractivity contribution in [2.45, 2.75) is 11.8 Å². The van der Waals surface area contributed by atoms with Crippen LogP contribution in [0.4, 0.5) is 11.4 Å². The van der Waals surface area contributed by atoms with Crippen molar-refractivity contribution >= 4 is 22.4 Å². The van der Waals surface area contributed by atoms with Gasteiger partial charge in [-0.3, -0.25) is 4.57 Å². The number of anilines is 2. The van der Waals surface area contributed by atoms with E-state index in [1.165, 1.54) is 50.5 Å². The van der Waals surface area contributed by atoms with E-state index in [0.717, 1.165) is 28.1 Å². The van der Waals surface area contributed by atoms with E-state index in [-0.39, 0.29) is 5.92 Å². The summed E-state index contributed by atoms with van der Waals surface area (Å²) in [4.78, 5) is 7.70. The molecule has 1 aromatic heterocycles. The Bertz CT molecular complexity index is 2380. The zero-order valence-corrected chi connectivity index (χ0v) is 25.1. The number of aromatic nitrogens is 2. The molecule has 3 nitrogen and oxygen atoms in total. The van der Waals surface area contributed by atoms with Crippen molar-refractivity contribution in [3.05, 3.63) is 181 Å². The molecule has 0 bridgehead atoms. The maximum atomic E-state index is 5.18. The van der Waals surface area contributed by atoms with Crippen LogP contribution in [0.15, 0.2) is 170 Å². The Hall–Kier alpha value is -5.93. The van der Waals surface area contributed by atoms with Gasteiger partial charge in [-0.1, -0.05) is 115 Å². The summed E-state index contributed by atoms with van der Waals surface area (Å²) in [5, 5.41) is 0. The molecule has 0 radical (unpaired) electrons. The summed E-state index contributed by atoms with van der Waals surface area (Å²) >= 11 is 0. The fourth-order valence-electron chi connectivity index (χ4n) is 8.03. The monoisotopic (exact) mass is 587 g/mol. The minimum absolute atomic E-state index is 0.274. The molecule has 2 aliphatic carbocycles. The minimum atomic E-state index is 0.274. The number of allylic oxidation sites excluding steroid dienone is 4. The van der Waals surface area contributed by atoms with E-state index in [1.54, 1.807) is 0 Å². The molecule has 10 rings (SSSR count). The maximum absolute atomic E-state index is 5.18. The second-order valence-corrected chi connectivity index (χ2v) is 12.3. The topological polar surface area (TPSA) is 21.1 Å². The van der Waals surface area contributed by atoms with Crippen molar-refractivity contribution in [3.8, 4) is 39.3 Å². The van der Waals surface area contributed by atoms with Gasteiger partial charge >= 0.3 is 0 Å². The molecule has 0 saturated heterocycles. The quantitative estimate of drug-likeness (QED) is 0.204. The van der Waals surface area contributed by atoms with E-state index in [4.69, 9.17) is 4.98 Å². The van der Waals surface area contributed by atoms with Crippen LogP contribution in [-0.2, 0) is 0 Å². The molecule has 2 atom stereocenters. The summed E-state index contributed by atoms with van der Waals surface area (Å²) in [5.41, 5.74) is 16.1. The van der Waals surface area contributed by atoms with Gasteiger partial charge in [0.1, 0.15) is 5.82 Å². The first-order chi connectivity index (χ1) is 22.8. The molecule has 3 aliphatic rings. The van der Waals surface area contributed by atoms with Crippen molar-refractivity contribution in [2.75, 3.05) is 4.90 Å². The van der Waals surface area contributed by atoms with Gasteiger partial charge in [0.2, 0.25) is 0 Å². The lowest BCUT2D eigenvalue weighted by Crippen LogP contribution is -2.20. The molecule has 2 heterocycles. The molecule has 1 aliphatic heterocycles. The van der Waals surface area contributed by atoms with Gasteiger partial charge in [0.15, 0.2) is 0 Å². The molecule has 7 aromatic rings. The number of hydrogen-bond donors (Lipinski definition) is 0. The minimum Gasteiger partial charge on any atom is -0.313 e. The molecular formula is C43H29N3. The van der Waals surface area contributed by atoms with Crippen LogP contribution in [0.1, 0.15) is 23.0 Å². The maximum Gasteiger partial charge on any atom is 0.145 e. The number of fused-ring (bicyclic) bond motifs is 4. The standard InChI is InChI=1S/C43H29N3/c1-3-15-30(16-4-1)45-39-24-12-21-35-33-19-7-8-20-34(33)36-26-25-32(42(45)41(36)40(35)39)28-13-11-14-29(27-28)43-44-37-22-9-10-23-38(37)46(43)31-17-5-2-6-18-31/h1-27,35,40H. The van der Waals surface area contributed by atoms with Crippen LogP contribution in [0.2, 0.25) is 0 Å². The number of nitrogens with zero attached hydrogens (tertiary/aromatic N) is 3. The average molecular weight is 588 g/mol. The molecule has 46 heavy (non-hydrogen) atoms. The number of hydrogen-bond acceptors (Lipinski definition) is 2. The third kappa shape index (κ3) is 3.57. The van der Waals surface area contributed by atoms with Gasteiger partial charge in [0.05, 0.1) is 16.7 Å². The Morgan fingerprint density at radius 2 is 1.28 bits per heavy atom. The van der Waals surface area contributed by atoms with Gasteiger partial charge in [-0.2, -0.15) is 0 Å². The first kappa shape index (κ1) is 25.4. The van der Waals surface area contributed by atoms with Gasteiger partial charge in [-0.15, -0.1) is 0 Å². The van der Waals surface area contributed by atoms with Crippen molar-refractivity contribution in [1.82, 2.24) is 9.55 Å². The van der Waals surface area contributed by atoms with Crippen molar-refractivity contribution in [1.29, 1.82) is 0 Å². The van der Waals surface area contributed by atoms with E-state index in [2.05, 4.69) is 173 Å². The van der Waals surface area contributed by atoms with Crippen LogP contribution in [0.25, 0.3) is 50.4 Å². The average Bonchev–Trinajstić information content (AvgIpc) is 3.69. The molecule has 0 N–H and O–H groups in total. The molecule has 0 spiro atoms. The Kier molecular flexibility index (Phi) is 5.40. The third-order valence-corrected chi connectivity index (χ3v) is 9.90. The van der Waals surface area contributed by atoms with Gasteiger partial charge < -0.3 is 4.90 Å². The lowest BCUT2D eigenvalue weighted by molar-refractivity contribution is 0.700. The van der Waals surface area contributed by atoms with Crippen LogP contribution in [-0.4, -0.2) is 9.55 Å². The van der Waals surface area contributed by atoms with Crippen LogP contribution < -0.4 is 4.90 Å². The molecular weight excluding hydrogens is 558 g/mol. The number of para-hydroxylation sites is 4. The van der Waals surface area contributed by atoms with Gasteiger partial charge in [0.25, 0.3) is 0 Å². The van der Waals surface area contributed by atoms with E-state index >= 15 is 0 Å². The van der Waals surface area contributed by atoms with Gasteiger partial charge in [-0.25, -0.2) is 4.98 Å². The summed E-state index contributed by atoms with van der Waals surface area (Å²) in [6, 6.07) is 52.4. The SMILES string of the molecule is C1=CC2c3ccccc3-c3ccc(-c4cccc(-c5nc6ccccc6n5-c5ccccc5)c4)c4c3C2C(=C1)N4c1ccccc1. The summed E-state index contributed by atoms with van der Waals surface area (Å²) < 4.78 is 2.28. The van der Waals surface area contributed by atoms with Crippen LogP contribution in [0.5, 0.6) is 0 Å². The molecule has 2 unspecified atom stereocenters.